The molecular formula is C16H31N3O2S. The van der Waals surface area contributed by atoms with Crippen LogP contribution in [0.25, 0.3) is 0 Å². The molecule has 0 aromatic rings. The van der Waals surface area contributed by atoms with Gasteiger partial charge in [0.15, 0.2) is 0 Å². The van der Waals surface area contributed by atoms with Gasteiger partial charge in [-0.25, -0.2) is 4.79 Å². The molecule has 1 fully saturated rings. The highest BCUT2D eigenvalue weighted by molar-refractivity contribution is 7.86. The predicted octanol–water partition coefficient (Wildman–Crippen LogP) is 1.87. The van der Waals surface area contributed by atoms with Crippen LogP contribution in [0.3, 0.4) is 0 Å². The van der Waals surface area contributed by atoms with Crippen LogP contribution in [0.1, 0.15) is 40.5 Å². The second-order valence-electron chi connectivity index (χ2n) is 7.07. The first kappa shape index (κ1) is 19.2. The van der Waals surface area contributed by atoms with Crippen LogP contribution in [0, 0.1) is 0 Å². The molecule has 0 aromatic heterocycles. The van der Waals surface area contributed by atoms with Crippen LogP contribution in [0.4, 0.5) is 4.79 Å². The molecule has 1 aliphatic rings. The van der Waals surface area contributed by atoms with Crippen LogP contribution in [0.2, 0.25) is 0 Å². The Labute approximate surface area is 137 Å². The molecule has 5 nitrogen and oxygen atoms in total. The molecule has 2 amide bonds. The van der Waals surface area contributed by atoms with E-state index in [1.165, 1.54) is 5.57 Å². The lowest BCUT2D eigenvalue weighted by atomic mass is 10.0. The zero-order valence-electron chi connectivity index (χ0n) is 14.4. The van der Waals surface area contributed by atoms with Gasteiger partial charge in [-0.05, 0) is 40.5 Å². The lowest BCUT2D eigenvalue weighted by molar-refractivity contribution is 0.202. The van der Waals surface area contributed by atoms with Gasteiger partial charge in [-0.3, -0.25) is 9.11 Å². The third-order valence-corrected chi connectivity index (χ3v) is 5.61. The summed E-state index contributed by atoms with van der Waals surface area (Å²) in [5, 5.41) is 5.81. The number of rotatable bonds is 6. The van der Waals surface area contributed by atoms with Gasteiger partial charge in [-0.2, -0.15) is 0 Å². The largest absolute Gasteiger partial charge is 0.337 e. The lowest BCUT2D eigenvalue weighted by Gasteiger charge is -2.32. The maximum Gasteiger partial charge on any atom is 0.315 e. The van der Waals surface area contributed by atoms with Gasteiger partial charge < -0.3 is 10.6 Å². The van der Waals surface area contributed by atoms with Crippen molar-refractivity contribution in [3.63, 3.8) is 0 Å². The average Bonchev–Trinajstić information content (AvgIpc) is 2.39. The Morgan fingerprint density at radius 2 is 1.91 bits per heavy atom. The van der Waals surface area contributed by atoms with Crippen LogP contribution in [-0.4, -0.2) is 57.9 Å². The van der Waals surface area contributed by atoms with E-state index < -0.39 is 10.8 Å². The monoisotopic (exact) mass is 329 g/mol. The van der Waals surface area contributed by atoms with Gasteiger partial charge in [0, 0.05) is 53.5 Å². The Balaban J connectivity index is 2.19. The summed E-state index contributed by atoms with van der Waals surface area (Å²) in [6.07, 6.45) is 1.93. The molecular weight excluding hydrogens is 298 g/mol. The topological polar surface area (TPSA) is 61.4 Å². The summed E-state index contributed by atoms with van der Waals surface area (Å²) in [5.41, 5.74) is 1.18. The molecule has 22 heavy (non-hydrogen) atoms. The van der Waals surface area contributed by atoms with Crippen LogP contribution < -0.4 is 10.6 Å². The highest BCUT2D eigenvalue weighted by Gasteiger charge is 2.21. The Hall–Kier alpha value is -0.880. The van der Waals surface area contributed by atoms with Crippen molar-refractivity contribution in [1.29, 1.82) is 0 Å². The Kier molecular flexibility index (Phi) is 7.56. The molecule has 2 N–H and O–H groups in total. The zero-order valence-corrected chi connectivity index (χ0v) is 15.2. The van der Waals surface area contributed by atoms with Crippen molar-refractivity contribution in [2.75, 3.05) is 31.9 Å². The minimum absolute atomic E-state index is 0.149. The highest BCUT2D eigenvalue weighted by Crippen LogP contribution is 2.12. The Morgan fingerprint density at radius 1 is 1.32 bits per heavy atom. The average molecular weight is 330 g/mol. The van der Waals surface area contributed by atoms with E-state index in [9.17, 15) is 9.00 Å². The minimum atomic E-state index is -0.928. The maximum atomic E-state index is 11.9. The first-order chi connectivity index (χ1) is 10.2. The molecule has 0 aliphatic carbocycles. The zero-order chi connectivity index (χ0) is 16.8. The molecule has 0 unspecified atom stereocenters. The highest BCUT2D eigenvalue weighted by atomic mass is 32.2. The second-order valence-corrected chi connectivity index (χ2v) is 9.39. The minimum Gasteiger partial charge on any atom is -0.337 e. The van der Waals surface area contributed by atoms with Gasteiger partial charge in [0.2, 0.25) is 0 Å². The van der Waals surface area contributed by atoms with Crippen LogP contribution in [0.5, 0.6) is 0 Å². The summed E-state index contributed by atoms with van der Waals surface area (Å²) >= 11 is 0. The molecule has 0 bridgehead atoms. The Morgan fingerprint density at radius 3 is 2.41 bits per heavy atom. The van der Waals surface area contributed by atoms with Gasteiger partial charge in [-0.1, -0.05) is 12.2 Å². The van der Waals surface area contributed by atoms with Crippen molar-refractivity contribution in [3.8, 4) is 0 Å². The first-order valence-corrected chi connectivity index (χ1v) is 9.30. The lowest BCUT2D eigenvalue weighted by Crippen LogP contribution is -2.48. The molecule has 0 radical (unpaired) electrons. The molecule has 0 spiro atoms. The summed E-state index contributed by atoms with van der Waals surface area (Å²) in [4.78, 5) is 14.2. The standard InChI is InChI=1S/C16H31N3O2S/c1-13(2)12-19-9-6-14(7-10-19)18-15(20)17-8-11-22(21)16(3,4)5/h14H,1,6-12H2,2-5H3,(H2,17,18,20)/t22-/m1/s1. The molecule has 1 rings (SSSR count). The van der Waals surface area contributed by atoms with Crippen LogP contribution in [0.15, 0.2) is 12.2 Å². The van der Waals surface area contributed by atoms with Crippen molar-refractivity contribution in [2.45, 2.75) is 51.3 Å². The summed E-state index contributed by atoms with van der Waals surface area (Å²) < 4.78 is 11.7. The first-order valence-electron chi connectivity index (χ1n) is 7.98. The van der Waals surface area contributed by atoms with Gasteiger partial charge >= 0.3 is 6.03 Å². The SMILES string of the molecule is C=C(C)CN1CCC(NC(=O)NCC[S@@](=O)C(C)(C)C)CC1. The van der Waals surface area contributed by atoms with Gasteiger partial charge in [0.1, 0.15) is 0 Å². The van der Waals surface area contributed by atoms with E-state index in [4.69, 9.17) is 0 Å². The summed E-state index contributed by atoms with van der Waals surface area (Å²) in [6, 6.07) is 0.0822. The quantitative estimate of drug-likeness (QED) is 0.731. The van der Waals surface area contributed by atoms with Crippen LogP contribution in [-0.2, 0) is 10.8 Å². The fourth-order valence-electron chi connectivity index (χ4n) is 2.42. The molecule has 0 aromatic carbocycles. The molecule has 128 valence electrons. The number of hydrogen-bond acceptors (Lipinski definition) is 3. The molecule has 1 heterocycles. The number of amides is 2. The second kappa shape index (κ2) is 8.67. The number of nitrogens with one attached hydrogen (secondary N) is 2. The number of nitrogens with zero attached hydrogens (tertiary/aromatic N) is 1. The van der Waals surface area contributed by atoms with Crippen molar-refractivity contribution in [3.05, 3.63) is 12.2 Å². The normalized spacial score (nSPS) is 18.7. The maximum absolute atomic E-state index is 11.9. The number of piperidine rings is 1. The van der Waals surface area contributed by atoms with Crippen molar-refractivity contribution in [1.82, 2.24) is 15.5 Å². The van der Waals surface area contributed by atoms with Crippen molar-refractivity contribution >= 4 is 16.8 Å². The fraction of sp³-hybridized carbons (Fsp3) is 0.812. The van der Waals surface area contributed by atoms with E-state index in [0.717, 1.165) is 32.5 Å². The molecule has 1 atom stereocenters. The van der Waals surface area contributed by atoms with Crippen LogP contribution >= 0.6 is 0 Å². The Bertz CT molecular complexity index is 410. The number of carbonyl (C=O) groups excluding carboxylic acids is 1. The molecule has 1 aliphatic heterocycles. The van der Waals surface area contributed by atoms with E-state index in [0.29, 0.717) is 12.3 Å². The molecule has 6 heteroatoms. The smallest absolute Gasteiger partial charge is 0.315 e. The van der Waals surface area contributed by atoms with E-state index in [1.807, 2.05) is 27.7 Å². The third kappa shape index (κ3) is 7.40. The van der Waals surface area contributed by atoms with E-state index in [2.05, 4.69) is 22.1 Å². The number of carbonyl (C=O) groups is 1. The predicted molar refractivity (Wildman–Crippen MR) is 93.6 cm³/mol. The summed E-state index contributed by atoms with van der Waals surface area (Å²) in [5.74, 6) is 0.494. The number of likely N-dealkylation sites (tertiary alicyclic amines) is 1. The number of hydrogen-bond donors (Lipinski definition) is 2. The summed E-state index contributed by atoms with van der Waals surface area (Å²) in [7, 11) is -0.928. The molecule has 1 saturated heterocycles. The fourth-order valence-corrected chi connectivity index (χ4v) is 3.32. The number of urea groups is 1. The van der Waals surface area contributed by atoms with Gasteiger partial charge in [0.25, 0.3) is 0 Å². The van der Waals surface area contributed by atoms with E-state index >= 15 is 0 Å². The molecule has 0 saturated carbocycles. The van der Waals surface area contributed by atoms with Gasteiger partial charge in [-0.15, -0.1) is 0 Å². The van der Waals surface area contributed by atoms with Gasteiger partial charge in [0.05, 0.1) is 0 Å². The summed E-state index contributed by atoms with van der Waals surface area (Å²) in [6.45, 7) is 15.2. The van der Waals surface area contributed by atoms with E-state index in [-0.39, 0.29) is 16.8 Å². The third-order valence-electron chi connectivity index (χ3n) is 3.67. The van der Waals surface area contributed by atoms with E-state index in [1.54, 1.807) is 0 Å². The van der Waals surface area contributed by atoms with Crippen molar-refractivity contribution in [2.24, 2.45) is 0 Å². The van der Waals surface area contributed by atoms with Crippen molar-refractivity contribution < 1.29 is 9.00 Å².